The fourth-order valence-electron chi connectivity index (χ4n) is 4.76. The van der Waals surface area contributed by atoms with E-state index in [0.717, 1.165) is 27.4 Å². The molecule has 0 fully saturated rings. The van der Waals surface area contributed by atoms with E-state index in [1.807, 2.05) is 64.7 Å². The number of aromatic nitrogens is 3. The Morgan fingerprint density at radius 3 is 2.50 bits per heavy atom. The van der Waals surface area contributed by atoms with Gasteiger partial charge in [0, 0.05) is 12.1 Å². The van der Waals surface area contributed by atoms with E-state index in [-0.39, 0.29) is 30.2 Å². The van der Waals surface area contributed by atoms with Gasteiger partial charge in [0.1, 0.15) is 0 Å². The van der Waals surface area contributed by atoms with Gasteiger partial charge in [-0.15, -0.1) is 32.9 Å². The zero-order chi connectivity index (χ0) is 29.1. The highest BCUT2D eigenvalue weighted by molar-refractivity contribution is 7.99. The number of aryl methyl sites for hydroxylation is 2. The monoisotopic (exact) mass is 612 g/mol. The molecule has 1 N–H and O–H groups in total. The van der Waals surface area contributed by atoms with Gasteiger partial charge in [-0.25, -0.2) is 5.01 Å². The van der Waals surface area contributed by atoms with Crippen LogP contribution in [0.3, 0.4) is 0 Å². The number of carbonyl (C=O) groups excluding carboxylic acids is 2. The Morgan fingerprint density at radius 1 is 0.952 bits per heavy atom. The summed E-state index contributed by atoms with van der Waals surface area (Å²) in [6.45, 7) is 4.27. The van der Waals surface area contributed by atoms with Gasteiger partial charge in [0.15, 0.2) is 11.0 Å². The largest absolute Gasteiger partial charge is 0.344 e. The van der Waals surface area contributed by atoms with Crippen LogP contribution in [0.5, 0.6) is 0 Å². The molecular formula is C31H28N6O2S3. The van der Waals surface area contributed by atoms with Crippen LogP contribution in [0.25, 0.3) is 5.69 Å². The summed E-state index contributed by atoms with van der Waals surface area (Å²) in [7, 11) is 0. The Bertz CT molecular complexity index is 1730. The molecule has 11 heteroatoms. The van der Waals surface area contributed by atoms with Gasteiger partial charge in [0.25, 0.3) is 11.8 Å². The number of rotatable bonds is 9. The molecule has 1 aliphatic heterocycles. The fourth-order valence-corrected chi connectivity index (χ4v) is 6.95. The van der Waals surface area contributed by atoms with Gasteiger partial charge in [-0.2, -0.15) is 5.10 Å². The highest BCUT2D eigenvalue weighted by Gasteiger charge is 2.33. The van der Waals surface area contributed by atoms with E-state index in [4.69, 9.17) is 5.10 Å². The molecule has 8 nitrogen and oxygen atoms in total. The second kappa shape index (κ2) is 12.4. The molecule has 0 spiro atoms. The summed E-state index contributed by atoms with van der Waals surface area (Å²) in [6.07, 6.45) is 0.660. The first-order valence-corrected chi connectivity index (χ1v) is 16.2. The number of nitrogens with zero attached hydrogens (tertiary/aromatic N) is 5. The van der Waals surface area contributed by atoms with Crippen LogP contribution in [0.15, 0.2) is 93.8 Å². The minimum absolute atomic E-state index is 0.108. The highest BCUT2D eigenvalue weighted by atomic mass is 32.2. The summed E-state index contributed by atoms with van der Waals surface area (Å²) in [5.41, 5.74) is 5.09. The van der Waals surface area contributed by atoms with Crippen molar-refractivity contribution in [2.45, 2.75) is 38.0 Å². The van der Waals surface area contributed by atoms with Crippen molar-refractivity contribution in [3.8, 4) is 5.69 Å². The van der Waals surface area contributed by atoms with Crippen LogP contribution in [0.2, 0.25) is 0 Å². The number of thiophene rings is 2. The Hall–Kier alpha value is -4.06. The average Bonchev–Trinajstić information content (AvgIpc) is 3.81. The van der Waals surface area contributed by atoms with Crippen molar-refractivity contribution in [3.63, 3.8) is 0 Å². The smallest absolute Gasteiger partial charge is 0.261 e. The maximum Gasteiger partial charge on any atom is 0.261 e. The van der Waals surface area contributed by atoms with E-state index < -0.39 is 0 Å². The zero-order valence-electron chi connectivity index (χ0n) is 23.1. The first-order valence-electron chi connectivity index (χ1n) is 13.4. The van der Waals surface area contributed by atoms with Crippen LogP contribution in [0.4, 0.5) is 0 Å². The van der Waals surface area contributed by atoms with E-state index in [9.17, 15) is 9.59 Å². The predicted octanol–water partition coefficient (Wildman–Crippen LogP) is 6.41. The molecule has 0 radical (unpaired) electrons. The molecule has 1 atom stereocenters. The molecule has 0 unspecified atom stereocenters. The predicted molar refractivity (Wildman–Crippen MR) is 169 cm³/mol. The van der Waals surface area contributed by atoms with Gasteiger partial charge in [-0.1, -0.05) is 65.9 Å². The fraction of sp³-hybridized carbons (Fsp3) is 0.194. The van der Waals surface area contributed by atoms with Gasteiger partial charge >= 0.3 is 0 Å². The third-order valence-electron chi connectivity index (χ3n) is 6.87. The first-order chi connectivity index (χ1) is 20.5. The van der Waals surface area contributed by atoms with Gasteiger partial charge in [-0.3, -0.25) is 14.2 Å². The average molecular weight is 613 g/mol. The zero-order valence-corrected chi connectivity index (χ0v) is 25.5. The third kappa shape index (κ3) is 6.08. The molecule has 1 aliphatic rings. The molecule has 4 heterocycles. The number of hydrogen-bond acceptors (Lipinski definition) is 8. The van der Waals surface area contributed by atoms with E-state index in [0.29, 0.717) is 22.3 Å². The molecule has 2 aromatic carbocycles. The standard InChI is InChI=1S/C31H28N6O2S3/c1-20-10-12-22(13-11-20)25-17-24(26-8-4-14-40-26)35-37(25)29(38)19-42-31-34-33-28(18-32-30(39)27-9-5-15-41-27)36(31)23-7-3-6-21(2)16-23/h3-16,25H,17-19H2,1-2H3,(H,32,39)/t25-/m1/s1. The second-order valence-electron chi connectivity index (χ2n) is 9.91. The normalized spacial score (nSPS) is 14.7. The van der Waals surface area contributed by atoms with Crippen LogP contribution in [0.1, 0.15) is 49.5 Å². The topological polar surface area (TPSA) is 92.5 Å². The van der Waals surface area contributed by atoms with E-state index in [1.165, 1.54) is 28.7 Å². The minimum Gasteiger partial charge on any atom is -0.344 e. The van der Waals surface area contributed by atoms with Crippen molar-refractivity contribution < 1.29 is 9.59 Å². The van der Waals surface area contributed by atoms with Crippen molar-refractivity contribution in [1.82, 2.24) is 25.1 Å². The van der Waals surface area contributed by atoms with Crippen molar-refractivity contribution in [2.24, 2.45) is 5.10 Å². The summed E-state index contributed by atoms with van der Waals surface area (Å²) in [6, 6.07) is 23.8. The molecule has 6 rings (SSSR count). The maximum absolute atomic E-state index is 13.7. The van der Waals surface area contributed by atoms with Crippen molar-refractivity contribution >= 4 is 52.0 Å². The molecule has 0 saturated heterocycles. The number of hydrogen-bond donors (Lipinski definition) is 1. The van der Waals surface area contributed by atoms with Crippen LogP contribution >= 0.6 is 34.4 Å². The second-order valence-corrected chi connectivity index (χ2v) is 12.8. The molecule has 0 aliphatic carbocycles. The van der Waals surface area contributed by atoms with E-state index in [2.05, 4.69) is 46.7 Å². The van der Waals surface area contributed by atoms with Crippen LogP contribution < -0.4 is 5.32 Å². The lowest BCUT2D eigenvalue weighted by molar-refractivity contribution is -0.130. The summed E-state index contributed by atoms with van der Waals surface area (Å²) >= 11 is 4.33. The molecule has 42 heavy (non-hydrogen) atoms. The number of nitrogens with one attached hydrogen (secondary N) is 1. The van der Waals surface area contributed by atoms with Crippen molar-refractivity contribution in [1.29, 1.82) is 0 Å². The molecule has 0 bridgehead atoms. The van der Waals surface area contributed by atoms with Gasteiger partial charge < -0.3 is 5.32 Å². The summed E-state index contributed by atoms with van der Waals surface area (Å²) in [5, 5.41) is 22.7. The summed E-state index contributed by atoms with van der Waals surface area (Å²) in [5.74, 6) is 0.444. The minimum atomic E-state index is -0.173. The Balaban J connectivity index is 1.24. The lowest BCUT2D eigenvalue weighted by atomic mass is 10.00. The molecule has 0 saturated carbocycles. The Morgan fingerprint density at radius 2 is 1.76 bits per heavy atom. The SMILES string of the molecule is Cc1ccc([C@H]2CC(c3cccs3)=NN2C(=O)CSc2nnc(CNC(=O)c3cccs3)n2-c2cccc(C)c2)cc1. The Labute approximate surface area is 256 Å². The van der Waals surface area contributed by atoms with Crippen LogP contribution in [-0.2, 0) is 11.3 Å². The molecule has 3 aromatic heterocycles. The number of benzene rings is 2. The maximum atomic E-state index is 13.7. The summed E-state index contributed by atoms with van der Waals surface area (Å²) in [4.78, 5) is 28.0. The number of hydrazone groups is 1. The van der Waals surface area contributed by atoms with E-state index >= 15 is 0 Å². The third-order valence-corrected chi connectivity index (χ3v) is 9.57. The van der Waals surface area contributed by atoms with E-state index in [1.54, 1.807) is 22.4 Å². The van der Waals surface area contributed by atoms with Gasteiger partial charge in [-0.05, 0) is 60.0 Å². The molecule has 212 valence electrons. The molecule has 2 amide bonds. The van der Waals surface area contributed by atoms with Crippen molar-refractivity contribution in [3.05, 3.63) is 116 Å². The van der Waals surface area contributed by atoms with Crippen molar-refractivity contribution in [2.75, 3.05) is 5.75 Å². The van der Waals surface area contributed by atoms with Crippen LogP contribution in [0, 0.1) is 13.8 Å². The number of thioether (sulfide) groups is 1. The summed E-state index contributed by atoms with van der Waals surface area (Å²) < 4.78 is 1.90. The molecular weight excluding hydrogens is 585 g/mol. The Kier molecular flexibility index (Phi) is 8.31. The van der Waals surface area contributed by atoms with Crippen LogP contribution in [-0.4, -0.2) is 43.1 Å². The highest BCUT2D eigenvalue weighted by Crippen LogP contribution is 2.35. The first kappa shape index (κ1) is 28.1. The van der Waals surface area contributed by atoms with Gasteiger partial charge in [0.2, 0.25) is 0 Å². The lowest BCUT2D eigenvalue weighted by Gasteiger charge is -2.22. The lowest BCUT2D eigenvalue weighted by Crippen LogP contribution is -2.28. The quantitative estimate of drug-likeness (QED) is 0.194. The molecule has 5 aromatic rings. The van der Waals surface area contributed by atoms with Gasteiger partial charge in [0.05, 0.1) is 33.8 Å². The number of carbonyl (C=O) groups is 2. The number of amides is 2.